The molecule has 0 spiro atoms. The maximum atomic E-state index is 13.7. The van der Waals surface area contributed by atoms with Crippen molar-refractivity contribution in [3.8, 4) is 0 Å². The first-order valence-corrected chi connectivity index (χ1v) is 11.8. The minimum absolute atomic E-state index is 0.0446. The molecule has 3 nitrogen and oxygen atoms in total. The Morgan fingerprint density at radius 2 is 1.87 bits per heavy atom. The van der Waals surface area contributed by atoms with E-state index in [0.717, 1.165) is 40.1 Å². The topological polar surface area (TPSA) is 34.4 Å². The Morgan fingerprint density at radius 3 is 2.68 bits per heavy atom. The smallest absolute Gasteiger partial charge is 0.271 e. The van der Waals surface area contributed by atoms with E-state index in [9.17, 15) is 9.18 Å². The fourth-order valence-electron chi connectivity index (χ4n) is 4.47. The average Bonchev–Trinajstić information content (AvgIpc) is 3.41. The Morgan fingerprint density at radius 1 is 1.03 bits per heavy atom. The number of benzene rings is 2. The number of nitrogens with zero attached hydrogens (tertiary/aromatic N) is 2. The molecule has 0 unspecified atom stereocenters. The van der Waals surface area contributed by atoms with Crippen LogP contribution in [0.1, 0.15) is 34.0 Å². The first-order valence-electron chi connectivity index (χ1n) is 10.1. The summed E-state index contributed by atoms with van der Waals surface area (Å²) in [5.41, 5.74) is 5.36. The number of rotatable bonds is 2. The van der Waals surface area contributed by atoms with Crippen LogP contribution in [0.4, 0.5) is 4.39 Å². The third kappa shape index (κ3) is 3.06. The predicted molar refractivity (Wildman–Crippen MR) is 123 cm³/mol. The van der Waals surface area contributed by atoms with E-state index >= 15 is 0 Å². The molecule has 0 N–H and O–H groups in total. The van der Waals surface area contributed by atoms with Gasteiger partial charge in [0, 0.05) is 10.4 Å². The number of hydrogen-bond acceptors (Lipinski definition) is 4. The largest absolute Gasteiger partial charge is 0.272 e. The molecule has 1 aliphatic carbocycles. The van der Waals surface area contributed by atoms with Gasteiger partial charge in [-0.25, -0.2) is 9.38 Å². The van der Waals surface area contributed by atoms with Gasteiger partial charge in [-0.05, 0) is 59.2 Å². The Kier molecular flexibility index (Phi) is 4.37. The molecular formula is C25H17FN2OS2. The van der Waals surface area contributed by atoms with Gasteiger partial charge in [0.2, 0.25) is 0 Å². The fourth-order valence-corrected chi connectivity index (χ4v) is 6.19. The lowest BCUT2D eigenvalue weighted by Gasteiger charge is -2.30. The quantitative estimate of drug-likeness (QED) is 0.448. The van der Waals surface area contributed by atoms with Crippen molar-refractivity contribution in [3.63, 3.8) is 0 Å². The lowest BCUT2D eigenvalue weighted by molar-refractivity contribution is 0.581. The number of thiazole rings is 1. The molecule has 1 aliphatic heterocycles. The van der Waals surface area contributed by atoms with Crippen molar-refractivity contribution < 1.29 is 4.39 Å². The number of thiophene rings is 1. The van der Waals surface area contributed by atoms with Crippen LogP contribution in [-0.4, -0.2) is 4.57 Å². The molecule has 0 saturated carbocycles. The highest BCUT2D eigenvalue weighted by molar-refractivity contribution is 7.11. The van der Waals surface area contributed by atoms with Gasteiger partial charge < -0.3 is 0 Å². The Labute approximate surface area is 185 Å². The molecular weight excluding hydrogens is 427 g/mol. The lowest BCUT2D eigenvalue weighted by atomic mass is 9.83. The van der Waals surface area contributed by atoms with Crippen LogP contribution in [0.15, 0.2) is 81.4 Å². The molecule has 2 aliphatic rings. The average molecular weight is 445 g/mol. The van der Waals surface area contributed by atoms with Gasteiger partial charge in [-0.15, -0.1) is 11.3 Å². The molecule has 0 bridgehead atoms. The van der Waals surface area contributed by atoms with E-state index in [4.69, 9.17) is 4.99 Å². The van der Waals surface area contributed by atoms with Crippen LogP contribution in [0.2, 0.25) is 0 Å². The second-order valence-electron chi connectivity index (χ2n) is 7.68. The third-order valence-corrected chi connectivity index (χ3v) is 7.68. The maximum absolute atomic E-state index is 13.7. The number of allylic oxidation sites excluding steroid dienone is 1. The Hall–Kier alpha value is -3.09. The number of aryl methyl sites for hydroxylation is 1. The van der Waals surface area contributed by atoms with Gasteiger partial charge in [-0.1, -0.05) is 53.8 Å². The maximum Gasteiger partial charge on any atom is 0.271 e. The molecule has 0 radical (unpaired) electrons. The van der Waals surface area contributed by atoms with Crippen LogP contribution in [0.3, 0.4) is 0 Å². The van der Waals surface area contributed by atoms with E-state index in [-0.39, 0.29) is 17.4 Å². The summed E-state index contributed by atoms with van der Waals surface area (Å²) in [7, 11) is 0. The molecule has 1 atom stereocenters. The highest BCUT2D eigenvalue weighted by atomic mass is 32.1. The van der Waals surface area contributed by atoms with Gasteiger partial charge in [0.25, 0.3) is 5.56 Å². The molecule has 6 heteroatoms. The van der Waals surface area contributed by atoms with Crippen LogP contribution >= 0.6 is 22.7 Å². The number of fused-ring (bicyclic) bond motifs is 3. The lowest BCUT2D eigenvalue weighted by Crippen LogP contribution is -2.38. The van der Waals surface area contributed by atoms with Crippen molar-refractivity contribution in [1.82, 2.24) is 4.57 Å². The van der Waals surface area contributed by atoms with Gasteiger partial charge in [0.15, 0.2) is 4.80 Å². The second kappa shape index (κ2) is 7.25. The highest BCUT2D eigenvalue weighted by Gasteiger charge is 2.32. The summed E-state index contributed by atoms with van der Waals surface area (Å²) in [6.07, 6.45) is 3.67. The Balaban J connectivity index is 1.65. The molecule has 4 aromatic rings. The summed E-state index contributed by atoms with van der Waals surface area (Å²) < 4.78 is 16.1. The SMILES string of the molecule is O=c1/c(=C\c2cccs2)sc2n1[C@@H](c1ccc(F)cc1)C1=C(N=2)c2ccccc2CC1. The summed E-state index contributed by atoms with van der Waals surface area (Å²) in [4.78, 5) is 20.2. The molecule has 0 saturated heterocycles. The zero-order valence-electron chi connectivity index (χ0n) is 16.4. The van der Waals surface area contributed by atoms with Crippen molar-refractivity contribution >= 4 is 34.4 Å². The molecule has 2 aromatic heterocycles. The van der Waals surface area contributed by atoms with Crippen LogP contribution < -0.4 is 14.9 Å². The number of halogens is 1. The predicted octanol–water partition coefficient (Wildman–Crippen LogP) is 4.52. The van der Waals surface area contributed by atoms with E-state index in [0.29, 0.717) is 9.33 Å². The number of hydrogen-bond donors (Lipinski definition) is 0. The molecule has 152 valence electrons. The van der Waals surface area contributed by atoms with E-state index in [2.05, 4.69) is 18.2 Å². The molecule has 6 rings (SSSR count). The number of aromatic nitrogens is 1. The van der Waals surface area contributed by atoms with Crippen molar-refractivity contribution in [2.45, 2.75) is 18.9 Å². The first kappa shape index (κ1) is 18.7. The molecule has 2 aromatic carbocycles. The van der Waals surface area contributed by atoms with Crippen LogP contribution in [-0.2, 0) is 6.42 Å². The van der Waals surface area contributed by atoms with Gasteiger partial charge in [-0.3, -0.25) is 9.36 Å². The summed E-state index contributed by atoms with van der Waals surface area (Å²) in [5.74, 6) is -0.281. The van der Waals surface area contributed by atoms with Gasteiger partial charge in [0.05, 0.1) is 16.3 Å². The molecule has 0 fully saturated rings. The van der Waals surface area contributed by atoms with Gasteiger partial charge in [-0.2, -0.15) is 0 Å². The normalized spacial score (nSPS) is 17.7. The summed E-state index contributed by atoms with van der Waals surface area (Å²) in [6, 6.07) is 18.5. The third-order valence-electron chi connectivity index (χ3n) is 5.88. The zero-order valence-corrected chi connectivity index (χ0v) is 18.0. The van der Waals surface area contributed by atoms with Crippen molar-refractivity contribution in [2.24, 2.45) is 4.99 Å². The van der Waals surface area contributed by atoms with E-state index in [1.807, 2.05) is 29.7 Å². The second-order valence-corrected chi connectivity index (χ2v) is 9.67. The van der Waals surface area contributed by atoms with Gasteiger partial charge in [0.1, 0.15) is 5.82 Å². The standard InChI is InChI=1S/C25H17FN2OS2/c26-17-10-7-16(8-11-17)23-20-12-9-15-4-1-2-6-19(15)22(20)27-25-28(23)24(29)21(31-25)14-18-5-3-13-30-18/h1-8,10-11,13-14,23H,9,12H2/b21-14+/t23-/m0/s1. The van der Waals surface area contributed by atoms with E-state index in [1.54, 1.807) is 28.0 Å². The summed E-state index contributed by atoms with van der Waals surface area (Å²) >= 11 is 3.02. The highest BCUT2D eigenvalue weighted by Crippen LogP contribution is 2.41. The van der Waals surface area contributed by atoms with Crippen LogP contribution in [0.5, 0.6) is 0 Å². The fraction of sp³-hybridized carbons (Fsp3) is 0.120. The van der Waals surface area contributed by atoms with Crippen LogP contribution in [0, 0.1) is 5.82 Å². The molecule has 31 heavy (non-hydrogen) atoms. The zero-order chi connectivity index (χ0) is 20.9. The summed E-state index contributed by atoms with van der Waals surface area (Å²) in [5, 5.41) is 2.00. The minimum Gasteiger partial charge on any atom is -0.272 e. The van der Waals surface area contributed by atoms with Gasteiger partial charge >= 0.3 is 0 Å². The summed E-state index contributed by atoms with van der Waals surface area (Å²) in [6.45, 7) is 0. The molecule has 3 heterocycles. The van der Waals surface area contributed by atoms with E-state index in [1.165, 1.54) is 29.0 Å². The molecule has 0 amide bonds. The minimum atomic E-state index is -0.281. The first-order chi connectivity index (χ1) is 15.2. The van der Waals surface area contributed by atoms with Crippen molar-refractivity contribution in [3.05, 3.63) is 119 Å². The monoisotopic (exact) mass is 444 g/mol. The van der Waals surface area contributed by atoms with Crippen LogP contribution in [0.25, 0.3) is 11.8 Å². The van der Waals surface area contributed by atoms with Crippen molar-refractivity contribution in [2.75, 3.05) is 0 Å². The van der Waals surface area contributed by atoms with Crippen molar-refractivity contribution in [1.29, 1.82) is 0 Å². The van der Waals surface area contributed by atoms with E-state index < -0.39 is 0 Å². The Bertz CT molecular complexity index is 1510.